The summed E-state index contributed by atoms with van der Waals surface area (Å²) in [7, 11) is 4.20. The summed E-state index contributed by atoms with van der Waals surface area (Å²) in [6.45, 7) is 6.32. The van der Waals surface area contributed by atoms with Crippen molar-refractivity contribution >= 4 is 22.5 Å². The molecule has 126 valence electrons. The van der Waals surface area contributed by atoms with Crippen molar-refractivity contribution in [2.24, 2.45) is 0 Å². The van der Waals surface area contributed by atoms with Crippen molar-refractivity contribution in [2.75, 3.05) is 26.0 Å². The van der Waals surface area contributed by atoms with E-state index in [1.54, 1.807) is 18.7 Å². The van der Waals surface area contributed by atoms with Gasteiger partial charge < -0.3 is 14.8 Å². The first-order valence-corrected chi connectivity index (χ1v) is 8.20. The quantitative estimate of drug-likeness (QED) is 0.755. The van der Waals surface area contributed by atoms with Gasteiger partial charge in [0, 0.05) is 30.3 Å². The Morgan fingerprint density at radius 1 is 1.12 bits per heavy atom. The SMILES string of the molecule is Cc1c(C)n(CCCN(C)C)c2ncnc(Nc3ccncc3)c12. The maximum Gasteiger partial charge on any atom is 0.145 e. The summed E-state index contributed by atoms with van der Waals surface area (Å²) < 4.78 is 2.30. The number of fused-ring (bicyclic) bond motifs is 1. The van der Waals surface area contributed by atoms with Crippen molar-refractivity contribution in [1.82, 2.24) is 24.4 Å². The summed E-state index contributed by atoms with van der Waals surface area (Å²) in [5.41, 5.74) is 4.45. The zero-order chi connectivity index (χ0) is 17.1. The van der Waals surface area contributed by atoms with Crippen LogP contribution in [0.2, 0.25) is 0 Å². The number of nitrogens with zero attached hydrogens (tertiary/aromatic N) is 5. The molecule has 0 unspecified atom stereocenters. The van der Waals surface area contributed by atoms with E-state index in [-0.39, 0.29) is 0 Å². The predicted molar refractivity (Wildman–Crippen MR) is 97.7 cm³/mol. The third kappa shape index (κ3) is 3.23. The van der Waals surface area contributed by atoms with Crippen LogP contribution in [0, 0.1) is 13.8 Å². The van der Waals surface area contributed by atoms with Crippen molar-refractivity contribution in [3.8, 4) is 0 Å². The summed E-state index contributed by atoms with van der Waals surface area (Å²) >= 11 is 0. The lowest BCUT2D eigenvalue weighted by Gasteiger charge is -2.12. The van der Waals surface area contributed by atoms with Crippen LogP contribution in [0.15, 0.2) is 30.9 Å². The fourth-order valence-electron chi connectivity index (χ4n) is 2.95. The van der Waals surface area contributed by atoms with E-state index in [1.807, 2.05) is 12.1 Å². The van der Waals surface area contributed by atoms with Crippen LogP contribution < -0.4 is 5.32 Å². The van der Waals surface area contributed by atoms with Gasteiger partial charge >= 0.3 is 0 Å². The minimum atomic E-state index is 0.846. The van der Waals surface area contributed by atoms with E-state index >= 15 is 0 Å². The van der Waals surface area contributed by atoms with Gasteiger partial charge in [-0.1, -0.05) is 0 Å². The van der Waals surface area contributed by atoms with Crippen LogP contribution in [0.3, 0.4) is 0 Å². The Hall–Kier alpha value is -2.47. The van der Waals surface area contributed by atoms with Gasteiger partial charge in [0.2, 0.25) is 0 Å². The predicted octanol–water partition coefficient (Wildman–Crippen LogP) is 3.14. The molecule has 0 aliphatic carbocycles. The summed E-state index contributed by atoms with van der Waals surface area (Å²) in [5, 5.41) is 4.48. The molecule has 0 radical (unpaired) electrons. The number of hydrogen-bond acceptors (Lipinski definition) is 5. The Kier molecular flexibility index (Phi) is 4.76. The zero-order valence-electron chi connectivity index (χ0n) is 14.7. The molecule has 0 saturated carbocycles. The average Bonchev–Trinajstić information content (AvgIpc) is 2.81. The largest absolute Gasteiger partial charge is 0.339 e. The van der Waals surface area contributed by atoms with Crippen molar-refractivity contribution in [3.63, 3.8) is 0 Å². The molecule has 24 heavy (non-hydrogen) atoms. The second-order valence-electron chi connectivity index (χ2n) is 6.30. The fourth-order valence-corrected chi connectivity index (χ4v) is 2.95. The second kappa shape index (κ2) is 6.97. The molecule has 0 aliphatic heterocycles. The van der Waals surface area contributed by atoms with Crippen molar-refractivity contribution in [1.29, 1.82) is 0 Å². The molecule has 6 nitrogen and oxygen atoms in total. The van der Waals surface area contributed by atoms with E-state index in [2.05, 4.69) is 57.7 Å². The van der Waals surface area contributed by atoms with Crippen molar-refractivity contribution in [2.45, 2.75) is 26.8 Å². The van der Waals surface area contributed by atoms with Crippen LogP contribution in [0.4, 0.5) is 11.5 Å². The highest BCUT2D eigenvalue weighted by Crippen LogP contribution is 2.30. The van der Waals surface area contributed by atoms with Gasteiger partial charge in [-0.3, -0.25) is 4.98 Å². The lowest BCUT2D eigenvalue weighted by atomic mass is 10.2. The van der Waals surface area contributed by atoms with Gasteiger partial charge in [0.25, 0.3) is 0 Å². The number of pyridine rings is 1. The molecule has 3 heterocycles. The van der Waals surface area contributed by atoms with Gasteiger partial charge in [-0.05, 0) is 58.6 Å². The molecule has 1 N–H and O–H groups in total. The van der Waals surface area contributed by atoms with E-state index in [1.165, 1.54) is 11.3 Å². The third-order valence-electron chi connectivity index (χ3n) is 4.34. The standard InChI is InChI=1S/C18H24N6/c1-13-14(2)24(11-5-10-23(3)4)18-16(13)17(20-12-21-18)22-15-6-8-19-9-7-15/h6-9,12H,5,10-11H2,1-4H3,(H,19,20,21,22). The van der Waals surface area contributed by atoms with Crippen LogP contribution in [0.1, 0.15) is 17.7 Å². The average molecular weight is 324 g/mol. The maximum atomic E-state index is 4.55. The molecule has 3 aromatic heterocycles. The molecular formula is C18H24N6. The van der Waals surface area contributed by atoms with Crippen LogP contribution >= 0.6 is 0 Å². The van der Waals surface area contributed by atoms with Gasteiger partial charge in [-0.2, -0.15) is 0 Å². The Balaban J connectivity index is 1.98. The Morgan fingerprint density at radius 3 is 2.58 bits per heavy atom. The van der Waals surface area contributed by atoms with Crippen LogP contribution in [-0.2, 0) is 6.54 Å². The number of aromatic nitrogens is 4. The Morgan fingerprint density at radius 2 is 1.88 bits per heavy atom. The number of anilines is 2. The van der Waals surface area contributed by atoms with Gasteiger partial charge in [0.05, 0.1) is 5.39 Å². The van der Waals surface area contributed by atoms with E-state index in [0.29, 0.717) is 0 Å². The van der Waals surface area contributed by atoms with E-state index in [0.717, 1.165) is 42.0 Å². The molecule has 6 heteroatoms. The van der Waals surface area contributed by atoms with Gasteiger partial charge in [0.15, 0.2) is 0 Å². The summed E-state index contributed by atoms with van der Waals surface area (Å²) in [6.07, 6.45) is 6.26. The summed E-state index contributed by atoms with van der Waals surface area (Å²) in [5.74, 6) is 0.846. The highest BCUT2D eigenvalue weighted by atomic mass is 15.1. The normalized spacial score (nSPS) is 11.4. The zero-order valence-corrected chi connectivity index (χ0v) is 14.7. The topological polar surface area (TPSA) is 58.9 Å². The van der Waals surface area contributed by atoms with Crippen LogP contribution in [0.5, 0.6) is 0 Å². The first kappa shape index (κ1) is 16.4. The molecule has 0 bridgehead atoms. The van der Waals surface area contributed by atoms with Crippen molar-refractivity contribution < 1.29 is 0 Å². The lowest BCUT2D eigenvalue weighted by Crippen LogP contribution is -2.15. The minimum absolute atomic E-state index is 0.846. The van der Waals surface area contributed by atoms with Crippen LogP contribution in [-0.4, -0.2) is 45.1 Å². The fraction of sp³-hybridized carbons (Fsp3) is 0.389. The molecule has 3 aromatic rings. The Labute approximate surface area is 142 Å². The number of rotatable bonds is 6. The molecule has 0 spiro atoms. The molecule has 0 atom stereocenters. The first-order chi connectivity index (χ1) is 11.6. The molecular weight excluding hydrogens is 300 g/mol. The molecule has 0 fully saturated rings. The second-order valence-corrected chi connectivity index (χ2v) is 6.30. The molecule has 0 aliphatic rings. The minimum Gasteiger partial charge on any atom is -0.339 e. The van der Waals surface area contributed by atoms with Gasteiger partial charge in [0.1, 0.15) is 17.8 Å². The highest BCUT2D eigenvalue weighted by Gasteiger charge is 2.16. The summed E-state index contributed by atoms with van der Waals surface area (Å²) in [4.78, 5) is 15.3. The number of aryl methyl sites for hydroxylation is 2. The van der Waals surface area contributed by atoms with Gasteiger partial charge in [-0.25, -0.2) is 9.97 Å². The van der Waals surface area contributed by atoms with Crippen LogP contribution in [0.25, 0.3) is 11.0 Å². The molecule has 0 aromatic carbocycles. The molecule has 0 amide bonds. The number of hydrogen-bond donors (Lipinski definition) is 1. The molecule has 3 rings (SSSR count). The van der Waals surface area contributed by atoms with E-state index in [4.69, 9.17) is 0 Å². The lowest BCUT2D eigenvalue weighted by molar-refractivity contribution is 0.387. The third-order valence-corrected chi connectivity index (χ3v) is 4.34. The van der Waals surface area contributed by atoms with E-state index < -0.39 is 0 Å². The van der Waals surface area contributed by atoms with E-state index in [9.17, 15) is 0 Å². The number of nitrogens with one attached hydrogen (secondary N) is 1. The van der Waals surface area contributed by atoms with Gasteiger partial charge in [-0.15, -0.1) is 0 Å². The smallest absolute Gasteiger partial charge is 0.145 e. The highest BCUT2D eigenvalue weighted by molar-refractivity contribution is 5.93. The maximum absolute atomic E-state index is 4.55. The Bertz CT molecular complexity index is 822. The summed E-state index contributed by atoms with van der Waals surface area (Å²) in [6, 6.07) is 3.87. The monoisotopic (exact) mass is 324 g/mol. The first-order valence-electron chi connectivity index (χ1n) is 8.20. The van der Waals surface area contributed by atoms with Crippen molar-refractivity contribution in [3.05, 3.63) is 42.1 Å². The molecule has 0 saturated heterocycles.